The molecule has 1 aliphatic heterocycles. The number of nitrogens with one attached hydrogen (secondary N) is 2. The molecule has 1 heterocycles. The summed E-state index contributed by atoms with van der Waals surface area (Å²) in [6.07, 6.45) is 3.23. The van der Waals surface area contributed by atoms with E-state index < -0.39 is 11.7 Å². The molecule has 2 N–H and O–H groups in total. The van der Waals surface area contributed by atoms with Gasteiger partial charge in [-0.05, 0) is 43.9 Å². The number of aliphatic imine (C=N–C) groups is 1. The van der Waals surface area contributed by atoms with Crippen LogP contribution in [-0.2, 0) is 6.18 Å². The zero-order valence-electron chi connectivity index (χ0n) is 16.9. The molecule has 0 bridgehead atoms. The molecule has 0 atom stereocenters. The maximum Gasteiger partial charge on any atom is 0.416 e. The van der Waals surface area contributed by atoms with Crippen LogP contribution in [0.25, 0.3) is 0 Å². The minimum atomic E-state index is -4.35. The van der Waals surface area contributed by atoms with Crippen molar-refractivity contribution < 1.29 is 13.2 Å². The summed E-state index contributed by atoms with van der Waals surface area (Å²) in [6.45, 7) is 2.56. The molecule has 0 aromatic heterocycles. The molecule has 1 saturated heterocycles. The van der Waals surface area contributed by atoms with Crippen molar-refractivity contribution in [3.63, 3.8) is 0 Å². The van der Waals surface area contributed by atoms with Crippen molar-refractivity contribution in [3.8, 4) is 11.8 Å². The average Bonchev–Trinajstić information content (AvgIpc) is 3.25. The minimum Gasteiger partial charge on any atom is -0.354 e. The third-order valence-electron chi connectivity index (χ3n) is 5.70. The lowest BCUT2D eigenvalue weighted by Gasteiger charge is -2.36. The van der Waals surface area contributed by atoms with E-state index in [1.807, 2.05) is 0 Å². The Morgan fingerprint density at radius 2 is 1.90 bits per heavy atom. The number of likely N-dealkylation sites (tertiary alicyclic amines) is 1. The fourth-order valence-electron chi connectivity index (χ4n) is 4.11. The number of benzene rings is 1. The number of alkyl halides is 3. The van der Waals surface area contributed by atoms with Gasteiger partial charge in [-0.3, -0.25) is 4.99 Å². The summed E-state index contributed by atoms with van der Waals surface area (Å²) in [5.74, 6) is 6.33. The number of nitrogens with zero attached hydrogens (tertiary/aromatic N) is 2. The average molecular weight is 406 g/mol. The molecule has 0 amide bonds. The Hall–Kier alpha value is -2.20. The van der Waals surface area contributed by atoms with Gasteiger partial charge in [0, 0.05) is 37.8 Å². The Bertz CT molecular complexity index is 749. The molecule has 0 unspecified atom stereocenters. The van der Waals surface area contributed by atoms with Crippen LogP contribution < -0.4 is 10.6 Å². The van der Waals surface area contributed by atoms with Gasteiger partial charge < -0.3 is 15.5 Å². The van der Waals surface area contributed by atoms with E-state index in [9.17, 15) is 13.2 Å². The Kier molecular flexibility index (Phi) is 7.43. The molecule has 1 saturated carbocycles. The number of hydrogen-bond donors (Lipinski definition) is 2. The Morgan fingerprint density at radius 3 is 2.55 bits per heavy atom. The van der Waals surface area contributed by atoms with Gasteiger partial charge in [0.05, 0.1) is 12.1 Å². The number of rotatable bonds is 3. The summed E-state index contributed by atoms with van der Waals surface area (Å²) in [6, 6.07) is 6.23. The summed E-state index contributed by atoms with van der Waals surface area (Å²) in [5, 5.41) is 6.57. The monoisotopic (exact) mass is 406 g/mol. The van der Waals surface area contributed by atoms with Gasteiger partial charge in [-0.2, -0.15) is 13.2 Å². The standard InChI is InChI=1S/C22H29F3N4/c1-26-21(28-19-11-14-29(15-12-19)20-9-2-3-10-20)27-13-5-7-17-6-4-8-18(16-17)22(23,24)25/h4,6,8,16,19-20H,2-3,9-15H2,1H3,(H2,26,27,28). The van der Waals surface area contributed by atoms with Gasteiger partial charge in [0.25, 0.3) is 0 Å². The topological polar surface area (TPSA) is 39.7 Å². The fourth-order valence-corrected chi connectivity index (χ4v) is 4.11. The SMILES string of the molecule is CN=C(NCC#Cc1cccc(C(F)(F)F)c1)NC1CCN(C2CCCC2)CC1. The predicted molar refractivity (Wildman–Crippen MR) is 110 cm³/mol. The maximum absolute atomic E-state index is 12.8. The molecule has 3 rings (SSSR count). The van der Waals surface area contributed by atoms with Crippen LogP contribution >= 0.6 is 0 Å². The van der Waals surface area contributed by atoms with Crippen LogP contribution in [-0.4, -0.2) is 49.6 Å². The zero-order valence-corrected chi connectivity index (χ0v) is 16.9. The molecule has 7 heteroatoms. The molecule has 2 aliphatic rings. The van der Waals surface area contributed by atoms with Crippen LogP contribution in [0.4, 0.5) is 13.2 Å². The maximum atomic E-state index is 12.8. The van der Waals surface area contributed by atoms with E-state index >= 15 is 0 Å². The van der Waals surface area contributed by atoms with Gasteiger partial charge in [0.2, 0.25) is 0 Å². The van der Waals surface area contributed by atoms with Crippen molar-refractivity contribution in [2.75, 3.05) is 26.7 Å². The number of piperidine rings is 1. The van der Waals surface area contributed by atoms with Crippen LogP contribution in [0.15, 0.2) is 29.3 Å². The summed E-state index contributed by atoms with van der Waals surface area (Å²) < 4.78 is 38.3. The Labute approximate surface area is 171 Å². The van der Waals surface area contributed by atoms with Crippen molar-refractivity contribution >= 4 is 5.96 Å². The second-order valence-corrected chi connectivity index (χ2v) is 7.70. The van der Waals surface area contributed by atoms with Crippen LogP contribution in [0.2, 0.25) is 0 Å². The van der Waals surface area contributed by atoms with E-state index in [0.29, 0.717) is 24.1 Å². The lowest BCUT2D eigenvalue weighted by Crippen LogP contribution is -2.50. The first kappa shape index (κ1) is 21.5. The van der Waals surface area contributed by atoms with Crippen LogP contribution in [0.3, 0.4) is 0 Å². The quantitative estimate of drug-likeness (QED) is 0.458. The zero-order chi connectivity index (χ0) is 20.7. The van der Waals surface area contributed by atoms with E-state index in [1.54, 1.807) is 13.1 Å². The third-order valence-corrected chi connectivity index (χ3v) is 5.70. The number of hydrogen-bond acceptors (Lipinski definition) is 2. The van der Waals surface area contributed by atoms with Crippen LogP contribution in [0.1, 0.15) is 49.7 Å². The molecular formula is C22H29F3N4. The van der Waals surface area contributed by atoms with Gasteiger partial charge in [0.15, 0.2) is 5.96 Å². The first-order valence-corrected chi connectivity index (χ1v) is 10.3. The molecule has 0 radical (unpaired) electrons. The Morgan fingerprint density at radius 1 is 1.17 bits per heavy atom. The first-order chi connectivity index (χ1) is 14.0. The predicted octanol–water partition coefficient (Wildman–Crippen LogP) is 3.63. The van der Waals surface area contributed by atoms with Crippen LogP contribution in [0, 0.1) is 11.8 Å². The molecule has 4 nitrogen and oxygen atoms in total. The van der Waals surface area contributed by atoms with Crippen molar-refractivity contribution in [2.45, 2.75) is 56.8 Å². The lowest BCUT2D eigenvalue weighted by molar-refractivity contribution is -0.137. The smallest absolute Gasteiger partial charge is 0.354 e. The van der Waals surface area contributed by atoms with Gasteiger partial charge in [-0.15, -0.1) is 0 Å². The normalized spacial score (nSPS) is 19.7. The molecule has 1 aromatic rings. The molecule has 29 heavy (non-hydrogen) atoms. The van der Waals surface area contributed by atoms with E-state index in [-0.39, 0.29) is 0 Å². The van der Waals surface area contributed by atoms with Gasteiger partial charge in [-0.25, -0.2) is 0 Å². The Balaban J connectivity index is 1.43. The summed E-state index contributed by atoms with van der Waals surface area (Å²) in [5.41, 5.74) is -0.331. The highest BCUT2D eigenvalue weighted by atomic mass is 19.4. The highest BCUT2D eigenvalue weighted by molar-refractivity contribution is 5.80. The van der Waals surface area contributed by atoms with Crippen molar-refractivity contribution in [1.82, 2.24) is 15.5 Å². The molecule has 1 aromatic carbocycles. The second-order valence-electron chi connectivity index (χ2n) is 7.70. The summed E-state index contributed by atoms with van der Waals surface area (Å²) in [4.78, 5) is 6.86. The van der Waals surface area contributed by atoms with E-state index in [4.69, 9.17) is 0 Å². The van der Waals surface area contributed by atoms with Crippen molar-refractivity contribution in [1.29, 1.82) is 0 Å². The fraction of sp³-hybridized carbons (Fsp3) is 0.591. The van der Waals surface area contributed by atoms with Gasteiger partial charge in [0.1, 0.15) is 0 Å². The number of guanidine groups is 1. The van der Waals surface area contributed by atoms with Crippen molar-refractivity contribution in [2.24, 2.45) is 4.99 Å². The second kappa shape index (κ2) is 10.0. The van der Waals surface area contributed by atoms with E-state index in [2.05, 4.69) is 32.4 Å². The van der Waals surface area contributed by atoms with Crippen molar-refractivity contribution in [3.05, 3.63) is 35.4 Å². The molecule has 2 fully saturated rings. The van der Waals surface area contributed by atoms with Gasteiger partial charge >= 0.3 is 6.18 Å². The number of halogens is 3. The first-order valence-electron chi connectivity index (χ1n) is 10.3. The van der Waals surface area contributed by atoms with E-state index in [0.717, 1.165) is 44.1 Å². The lowest BCUT2D eigenvalue weighted by atomic mass is 10.0. The third kappa shape index (κ3) is 6.40. The molecule has 0 spiro atoms. The summed E-state index contributed by atoms with van der Waals surface area (Å²) in [7, 11) is 1.71. The largest absolute Gasteiger partial charge is 0.416 e. The van der Waals surface area contributed by atoms with E-state index in [1.165, 1.54) is 31.7 Å². The minimum absolute atomic E-state index is 0.316. The summed E-state index contributed by atoms with van der Waals surface area (Å²) >= 11 is 0. The highest BCUT2D eigenvalue weighted by Crippen LogP contribution is 2.29. The highest BCUT2D eigenvalue weighted by Gasteiger charge is 2.30. The molecular weight excluding hydrogens is 377 g/mol. The molecule has 1 aliphatic carbocycles. The molecule has 158 valence electrons. The van der Waals surface area contributed by atoms with Gasteiger partial charge in [-0.1, -0.05) is 30.7 Å². The van der Waals surface area contributed by atoms with Crippen LogP contribution in [0.5, 0.6) is 0 Å².